The van der Waals surface area contributed by atoms with Gasteiger partial charge in [-0.05, 0) is 31.0 Å². The van der Waals surface area contributed by atoms with Crippen LogP contribution in [-0.2, 0) is 4.79 Å². The van der Waals surface area contributed by atoms with Crippen LogP contribution in [0, 0.1) is 12.8 Å². The van der Waals surface area contributed by atoms with Crippen molar-refractivity contribution in [3.8, 4) is 0 Å². The molecular formula is C13H21ClN2OS. The number of amides is 1. The minimum atomic E-state index is 0. The normalized spacial score (nSPS) is 11.5. The zero-order valence-corrected chi connectivity index (χ0v) is 12.4. The Labute approximate surface area is 119 Å². The highest BCUT2D eigenvalue weighted by atomic mass is 35.5. The first-order valence-corrected chi connectivity index (χ1v) is 6.77. The predicted octanol–water partition coefficient (Wildman–Crippen LogP) is 2.22. The largest absolute Gasteiger partial charge is 0.355 e. The summed E-state index contributed by atoms with van der Waals surface area (Å²) >= 11 is 1.57. The Bertz CT molecular complexity index is 374. The van der Waals surface area contributed by atoms with Crippen LogP contribution in [0.1, 0.15) is 12.5 Å². The number of hydrogen-bond acceptors (Lipinski definition) is 3. The number of rotatable bonds is 6. The van der Waals surface area contributed by atoms with Gasteiger partial charge < -0.3 is 11.1 Å². The maximum Gasteiger partial charge on any atom is 0.230 e. The number of hydrogen-bond donors (Lipinski definition) is 2. The van der Waals surface area contributed by atoms with E-state index in [4.69, 9.17) is 5.73 Å². The molecule has 1 aromatic rings. The Balaban J connectivity index is 0.00000289. The van der Waals surface area contributed by atoms with Gasteiger partial charge in [-0.1, -0.05) is 25.1 Å². The lowest BCUT2D eigenvalue weighted by Gasteiger charge is -2.10. The molecule has 5 heteroatoms. The molecule has 18 heavy (non-hydrogen) atoms. The lowest BCUT2D eigenvalue weighted by Crippen LogP contribution is -2.32. The Morgan fingerprint density at radius 3 is 2.72 bits per heavy atom. The highest BCUT2D eigenvalue weighted by Gasteiger charge is 2.05. The molecule has 0 heterocycles. The molecule has 1 atom stereocenters. The van der Waals surface area contributed by atoms with Gasteiger partial charge in [0.1, 0.15) is 0 Å². The predicted molar refractivity (Wildman–Crippen MR) is 80.4 cm³/mol. The van der Waals surface area contributed by atoms with Gasteiger partial charge in [0.25, 0.3) is 0 Å². The number of nitrogens with two attached hydrogens (primary N) is 1. The fraction of sp³-hybridized carbons (Fsp3) is 0.462. The van der Waals surface area contributed by atoms with Crippen molar-refractivity contribution in [2.75, 3.05) is 18.8 Å². The minimum Gasteiger partial charge on any atom is -0.355 e. The second-order valence-corrected chi connectivity index (χ2v) is 5.22. The summed E-state index contributed by atoms with van der Waals surface area (Å²) in [7, 11) is 0. The summed E-state index contributed by atoms with van der Waals surface area (Å²) in [4.78, 5) is 12.7. The molecule has 0 spiro atoms. The Kier molecular flexibility index (Phi) is 8.89. The number of nitrogens with one attached hydrogen (secondary N) is 1. The van der Waals surface area contributed by atoms with Gasteiger partial charge in [-0.2, -0.15) is 0 Å². The summed E-state index contributed by atoms with van der Waals surface area (Å²) in [5, 5.41) is 2.88. The van der Waals surface area contributed by atoms with Crippen molar-refractivity contribution >= 4 is 30.1 Å². The summed E-state index contributed by atoms with van der Waals surface area (Å²) in [6.45, 7) is 5.33. The van der Waals surface area contributed by atoms with Crippen LogP contribution < -0.4 is 11.1 Å². The first kappa shape index (κ1) is 17.3. The molecule has 0 aliphatic heterocycles. The number of thioether (sulfide) groups is 1. The Morgan fingerprint density at radius 2 is 2.11 bits per heavy atom. The van der Waals surface area contributed by atoms with Crippen LogP contribution in [0.5, 0.6) is 0 Å². The summed E-state index contributed by atoms with van der Waals surface area (Å²) in [5.74, 6) is 0.864. The lowest BCUT2D eigenvalue weighted by atomic mass is 10.2. The van der Waals surface area contributed by atoms with Crippen LogP contribution in [-0.4, -0.2) is 24.7 Å². The molecule has 0 saturated heterocycles. The fourth-order valence-electron chi connectivity index (χ4n) is 1.28. The van der Waals surface area contributed by atoms with Gasteiger partial charge in [0.15, 0.2) is 0 Å². The van der Waals surface area contributed by atoms with Gasteiger partial charge in [-0.15, -0.1) is 24.2 Å². The molecule has 1 aromatic carbocycles. The van der Waals surface area contributed by atoms with Crippen LogP contribution in [0.4, 0.5) is 0 Å². The van der Waals surface area contributed by atoms with E-state index in [9.17, 15) is 4.79 Å². The zero-order valence-electron chi connectivity index (χ0n) is 10.8. The van der Waals surface area contributed by atoms with E-state index in [1.807, 2.05) is 25.1 Å². The lowest BCUT2D eigenvalue weighted by molar-refractivity contribution is -0.118. The van der Waals surface area contributed by atoms with Crippen molar-refractivity contribution in [2.24, 2.45) is 11.7 Å². The van der Waals surface area contributed by atoms with E-state index < -0.39 is 0 Å². The molecule has 0 saturated carbocycles. The minimum absolute atomic E-state index is 0. The third kappa shape index (κ3) is 6.28. The molecule has 3 nitrogen and oxygen atoms in total. The first-order chi connectivity index (χ1) is 8.13. The first-order valence-electron chi connectivity index (χ1n) is 5.78. The maximum absolute atomic E-state index is 11.6. The monoisotopic (exact) mass is 288 g/mol. The van der Waals surface area contributed by atoms with Gasteiger partial charge >= 0.3 is 0 Å². The molecule has 1 rings (SSSR count). The van der Waals surface area contributed by atoms with E-state index in [0.29, 0.717) is 24.8 Å². The van der Waals surface area contributed by atoms with Gasteiger partial charge in [-0.3, -0.25) is 4.79 Å². The van der Waals surface area contributed by atoms with Crippen LogP contribution in [0.15, 0.2) is 29.2 Å². The molecule has 0 aromatic heterocycles. The smallest absolute Gasteiger partial charge is 0.230 e. The standard InChI is InChI=1S/C13H20N2OS.ClH/c1-10(7-14)8-15-13(16)9-17-12-6-4-3-5-11(12)2;/h3-6,10H,7-9,14H2,1-2H3,(H,15,16);1H. The quantitative estimate of drug-likeness (QED) is 0.789. The van der Waals surface area contributed by atoms with Gasteiger partial charge in [0.05, 0.1) is 5.75 Å². The second kappa shape index (κ2) is 9.25. The van der Waals surface area contributed by atoms with Crippen molar-refractivity contribution in [3.63, 3.8) is 0 Å². The molecule has 1 unspecified atom stereocenters. The van der Waals surface area contributed by atoms with Crippen molar-refractivity contribution in [3.05, 3.63) is 29.8 Å². The van der Waals surface area contributed by atoms with Gasteiger partial charge in [0.2, 0.25) is 5.91 Å². The Morgan fingerprint density at radius 1 is 1.44 bits per heavy atom. The molecule has 0 aliphatic carbocycles. The van der Waals surface area contributed by atoms with E-state index in [-0.39, 0.29) is 18.3 Å². The summed E-state index contributed by atoms with van der Waals surface area (Å²) in [5.41, 5.74) is 6.70. The van der Waals surface area contributed by atoms with Crippen LogP contribution in [0.3, 0.4) is 0 Å². The maximum atomic E-state index is 11.6. The van der Waals surface area contributed by atoms with Crippen LogP contribution in [0.2, 0.25) is 0 Å². The van der Waals surface area contributed by atoms with Crippen LogP contribution in [0.25, 0.3) is 0 Å². The molecule has 0 radical (unpaired) electrons. The summed E-state index contributed by atoms with van der Waals surface area (Å²) in [6, 6.07) is 8.08. The molecule has 0 fully saturated rings. The molecule has 0 aliphatic rings. The van der Waals surface area contributed by atoms with Crippen molar-refractivity contribution in [1.29, 1.82) is 0 Å². The second-order valence-electron chi connectivity index (χ2n) is 4.20. The van der Waals surface area contributed by atoms with Gasteiger partial charge in [0, 0.05) is 11.4 Å². The molecule has 102 valence electrons. The average Bonchev–Trinajstić information content (AvgIpc) is 2.35. The number of carbonyl (C=O) groups excluding carboxylic acids is 1. The average molecular weight is 289 g/mol. The van der Waals surface area contributed by atoms with Crippen molar-refractivity contribution in [2.45, 2.75) is 18.7 Å². The third-order valence-corrected chi connectivity index (χ3v) is 3.68. The summed E-state index contributed by atoms with van der Waals surface area (Å²) < 4.78 is 0. The topological polar surface area (TPSA) is 55.1 Å². The number of halogens is 1. The van der Waals surface area contributed by atoms with Gasteiger partial charge in [-0.25, -0.2) is 0 Å². The Hall–Kier alpha value is -0.710. The van der Waals surface area contributed by atoms with E-state index >= 15 is 0 Å². The molecule has 0 bridgehead atoms. The van der Waals surface area contributed by atoms with Crippen molar-refractivity contribution < 1.29 is 4.79 Å². The highest BCUT2D eigenvalue weighted by molar-refractivity contribution is 8.00. The summed E-state index contributed by atoms with van der Waals surface area (Å²) in [6.07, 6.45) is 0. The number of aryl methyl sites for hydroxylation is 1. The van der Waals surface area contributed by atoms with Crippen molar-refractivity contribution in [1.82, 2.24) is 5.32 Å². The van der Waals surface area contributed by atoms with E-state index in [0.717, 1.165) is 4.90 Å². The number of carbonyl (C=O) groups is 1. The zero-order chi connectivity index (χ0) is 12.7. The molecule has 3 N–H and O–H groups in total. The van der Waals surface area contributed by atoms with E-state index in [1.165, 1.54) is 5.56 Å². The highest BCUT2D eigenvalue weighted by Crippen LogP contribution is 2.21. The fourth-order valence-corrected chi connectivity index (χ4v) is 2.14. The van der Waals surface area contributed by atoms with E-state index in [2.05, 4.69) is 18.3 Å². The van der Waals surface area contributed by atoms with E-state index in [1.54, 1.807) is 11.8 Å². The number of benzene rings is 1. The third-order valence-electron chi connectivity index (χ3n) is 2.50. The SMILES string of the molecule is Cc1ccccc1SCC(=O)NCC(C)CN.Cl. The molecule has 1 amide bonds. The van der Waals surface area contributed by atoms with Crippen LogP contribution >= 0.6 is 24.2 Å². The molecular weight excluding hydrogens is 268 g/mol.